The van der Waals surface area contributed by atoms with Crippen molar-refractivity contribution in [1.82, 2.24) is 4.90 Å². The summed E-state index contributed by atoms with van der Waals surface area (Å²) in [5, 5.41) is 9.67. The lowest BCUT2D eigenvalue weighted by Crippen LogP contribution is -2.23. The summed E-state index contributed by atoms with van der Waals surface area (Å²) in [6.45, 7) is 3.27. The number of benzene rings is 1. The van der Waals surface area contributed by atoms with Crippen LogP contribution in [0.3, 0.4) is 0 Å². The molecule has 104 valence electrons. The van der Waals surface area contributed by atoms with Gasteiger partial charge in [-0.25, -0.2) is 0 Å². The number of thiol groups is 1. The summed E-state index contributed by atoms with van der Waals surface area (Å²) in [6, 6.07) is 10.0. The van der Waals surface area contributed by atoms with Crippen LogP contribution in [0.4, 0.5) is 0 Å². The molecule has 0 radical (unpaired) electrons. The minimum Gasteiger partial charge on any atom is -0.481 e. The summed E-state index contributed by atoms with van der Waals surface area (Å²) in [5.74, 6) is -0.783. The van der Waals surface area contributed by atoms with Gasteiger partial charge in [-0.2, -0.15) is 0 Å². The van der Waals surface area contributed by atoms with Gasteiger partial charge in [-0.05, 0) is 12.0 Å². The van der Waals surface area contributed by atoms with Crippen LogP contribution in [0.1, 0.15) is 31.7 Å². The van der Waals surface area contributed by atoms with E-state index in [1.807, 2.05) is 41.3 Å². The Balaban J connectivity index is 2.71. The highest BCUT2D eigenvalue weighted by Gasteiger charge is 2.09. The first-order chi connectivity index (χ1) is 9.13. The minimum absolute atomic E-state index is 0.122. The molecule has 0 aliphatic rings. The monoisotopic (exact) mass is 279 g/mol. The predicted octanol–water partition coefficient (Wildman–Crippen LogP) is 3.53. The maximum absolute atomic E-state index is 10.7. The molecule has 0 aromatic heterocycles. The van der Waals surface area contributed by atoms with Crippen molar-refractivity contribution >= 4 is 18.6 Å². The first-order valence-corrected chi connectivity index (χ1v) is 6.98. The first kappa shape index (κ1) is 15.6. The highest BCUT2D eigenvalue weighted by Crippen LogP contribution is 2.16. The van der Waals surface area contributed by atoms with Gasteiger partial charge < -0.3 is 10.0 Å². The summed E-state index contributed by atoms with van der Waals surface area (Å²) in [5.41, 5.74) is 1.16. The fourth-order valence-corrected chi connectivity index (χ4v) is 2.01. The average molecular weight is 279 g/mol. The Kier molecular flexibility index (Phi) is 7.11. The van der Waals surface area contributed by atoms with E-state index < -0.39 is 5.97 Å². The van der Waals surface area contributed by atoms with Crippen LogP contribution >= 0.6 is 12.6 Å². The topological polar surface area (TPSA) is 40.5 Å². The minimum atomic E-state index is -0.783. The van der Waals surface area contributed by atoms with Crippen LogP contribution in [0.5, 0.6) is 0 Å². The largest absolute Gasteiger partial charge is 0.481 e. The molecule has 0 heterocycles. The van der Waals surface area contributed by atoms with Crippen LogP contribution in [0.25, 0.3) is 0 Å². The quantitative estimate of drug-likeness (QED) is 0.715. The third-order valence-corrected chi connectivity index (χ3v) is 3.22. The summed E-state index contributed by atoms with van der Waals surface area (Å²) in [4.78, 5) is 12.7. The maximum atomic E-state index is 10.7. The van der Waals surface area contributed by atoms with Crippen LogP contribution in [0, 0.1) is 0 Å². The van der Waals surface area contributed by atoms with Gasteiger partial charge in [0.15, 0.2) is 0 Å². The number of hydrogen-bond donors (Lipinski definition) is 2. The molecule has 0 saturated heterocycles. The summed E-state index contributed by atoms with van der Waals surface area (Å²) >= 11 is 4.49. The van der Waals surface area contributed by atoms with Crippen molar-refractivity contribution in [2.75, 3.05) is 6.54 Å². The second-order valence-electron chi connectivity index (χ2n) is 4.40. The lowest BCUT2D eigenvalue weighted by Gasteiger charge is -2.24. The molecule has 0 fully saturated rings. The second-order valence-corrected chi connectivity index (χ2v) is 4.86. The summed E-state index contributed by atoms with van der Waals surface area (Å²) in [6.07, 6.45) is 4.18. The molecule has 0 spiro atoms. The van der Waals surface area contributed by atoms with E-state index in [2.05, 4.69) is 19.6 Å². The number of carbonyl (C=O) groups is 1. The van der Waals surface area contributed by atoms with Crippen LogP contribution < -0.4 is 0 Å². The molecule has 4 heteroatoms. The average Bonchev–Trinajstić information content (AvgIpc) is 2.41. The van der Waals surface area contributed by atoms with Gasteiger partial charge in [-0.3, -0.25) is 4.79 Å². The maximum Gasteiger partial charge on any atom is 0.305 e. The molecule has 0 atom stereocenters. The Bertz CT molecular complexity index is 417. The van der Waals surface area contributed by atoms with E-state index in [-0.39, 0.29) is 6.42 Å². The first-order valence-electron chi connectivity index (χ1n) is 6.53. The van der Waals surface area contributed by atoms with E-state index in [0.717, 1.165) is 23.4 Å². The van der Waals surface area contributed by atoms with Gasteiger partial charge >= 0.3 is 5.97 Å². The number of hydrogen-bond acceptors (Lipinski definition) is 3. The van der Waals surface area contributed by atoms with Gasteiger partial charge in [-0.1, -0.05) is 49.8 Å². The van der Waals surface area contributed by atoms with Crippen molar-refractivity contribution in [1.29, 1.82) is 0 Å². The Morgan fingerprint density at radius 2 is 2.05 bits per heavy atom. The van der Waals surface area contributed by atoms with Gasteiger partial charge in [-0.15, -0.1) is 12.6 Å². The van der Waals surface area contributed by atoms with Crippen LogP contribution in [-0.4, -0.2) is 22.5 Å². The number of aliphatic carboxylic acids is 1. The summed E-state index contributed by atoms with van der Waals surface area (Å²) < 4.78 is 0. The van der Waals surface area contributed by atoms with E-state index in [4.69, 9.17) is 5.11 Å². The molecule has 3 nitrogen and oxygen atoms in total. The molecule has 0 saturated carbocycles. The van der Waals surface area contributed by atoms with Gasteiger partial charge in [0.25, 0.3) is 0 Å². The molecule has 0 aliphatic carbocycles. The molecule has 0 unspecified atom stereocenters. The Labute approximate surface area is 120 Å². The fourth-order valence-electron chi connectivity index (χ4n) is 1.71. The number of rotatable bonds is 8. The third kappa shape index (κ3) is 6.34. The van der Waals surface area contributed by atoms with Crippen molar-refractivity contribution in [2.45, 2.75) is 32.7 Å². The number of carboxylic acid groups (broad SMARTS) is 1. The summed E-state index contributed by atoms with van der Waals surface area (Å²) in [7, 11) is 0. The van der Waals surface area contributed by atoms with E-state index in [9.17, 15) is 4.79 Å². The zero-order chi connectivity index (χ0) is 14.1. The van der Waals surface area contributed by atoms with E-state index in [1.54, 1.807) is 0 Å². The highest BCUT2D eigenvalue weighted by atomic mass is 32.1. The number of nitrogens with zero attached hydrogens (tertiary/aromatic N) is 1. The number of unbranched alkanes of at least 4 members (excludes halogenated alkanes) is 1. The lowest BCUT2D eigenvalue weighted by atomic mass is 10.2. The Morgan fingerprint density at radius 1 is 1.37 bits per heavy atom. The number of carboxylic acids is 1. The molecule has 0 bridgehead atoms. The smallest absolute Gasteiger partial charge is 0.305 e. The van der Waals surface area contributed by atoms with Gasteiger partial charge in [0, 0.05) is 13.1 Å². The van der Waals surface area contributed by atoms with Gasteiger partial charge in [0.05, 0.1) is 11.4 Å². The number of allylic oxidation sites excluding steroid dienone is 1. The van der Waals surface area contributed by atoms with Crippen LogP contribution in [0.15, 0.2) is 41.4 Å². The molecule has 1 rings (SSSR count). The highest BCUT2D eigenvalue weighted by molar-refractivity contribution is 7.84. The predicted molar refractivity (Wildman–Crippen MR) is 81.1 cm³/mol. The van der Waals surface area contributed by atoms with Crippen molar-refractivity contribution in [3.05, 3.63) is 47.0 Å². The van der Waals surface area contributed by atoms with E-state index in [0.29, 0.717) is 13.1 Å². The molecule has 19 heavy (non-hydrogen) atoms. The van der Waals surface area contributed by atoms with Crippen molar-refractivity contribution in [3.63, 3.8) is 0 Å². The van der Waals surface area contributed by atoms with Crippen molar-refractivity contribution in [2.24, 2.45) is 0 Å². The molecule has 0 amide bonds. The molecule has 1 N–H and O–H groups in total. The fraction of sp³-hybridized carbons (Fsp3) is 0.400. The third-order valence-electron chi connectivity index (χ3n) is 2.75. The molecule has 1 aromatic carbocycles. The van der Waals surface area contributed by atoms with Crippen molar-refractivity contribution in [3.8, 4) is 0 Å². The normalized spacial score (nSPS) is 11.4. The molecular formula is C15H21NO2S. The zero-order valence-corrected chi connectivity index (χ0v) is 12.1. The van der Waals surface area contributed by atoms with E-state index in [1.165, 1.54) is 0 Å². The van der Waals surface area contributed by atoms with Gasteiger partial charge in [0.1, 0.15) is 0 Å². The molecular weight excluding hydrogens is 258 g/mol. The van der Waals surface area contributed by atoms with Crippen molar-refractivity contribution < 1.29 is 9.90 Å². The van der Waals surface area contributed by atoms with Gasteiger partial charge in [0.2, 0.25) is 0 Å². The second kappa shape index (κ2) is 8.64. The van der Waals surface area contributed by atoms with Crippen LogP contribution in [0.2, 0.25) is 0 Å². The Hall–Kier alpha value is -1.42. The standard InChI is InChI=1S/C15H21NO2S/c1-2-3-9-14(19)16(11-10-15(17)18)12-13-7-5-4-6-8-13/h4-9,19H,2-3,10-12H2,1H3,(H,17,18)/b14-9+. The Morgan fingerprint density at radius 3 is 2.63 bits per heavy atom. The zero-order valence-electron chi connectivity index (χ0n) is 11.2. The molecule has 1 aromatic rings. The van der Waals surface area contributed by atoms with Crippen LogP contribution in [-0.2, 0) is 11.3 Å². The SMILES string of the molecule is CCC/C=C(/S)N(CCC(=O)O)Cc1ccccc1. The lowest BCUT2D eigenvalue weighted by molar-refractivity contribution is -0.137. The molecule has 0 aliphatic heterocycles. The van der Waals surface area contributed by atoms with E-state index >= 15 is 0 Å².